The Labute approximate surface area is 158 Å². The third kappa shape index (κ3) is 9.59. The molecule has 0 spiro atoms. The smallest absolute Gasteiger partial charge is 0.338 e. The van der Waals surface area contributed by atoms with Crippen molar-refractivity contribution in [3.8, 4) is 0 Å². The largest absolute Gasteiger partial charge is 0.462 e. The molecule has 0 amide bonds. The lowest BCUT2D eigenvalue weighted by Gasteiger charge is -2.08. The molecule has 0 atom stereocenters. The van der Waals surface area contributed by atoms with Gasteiger partial charge in [0.1, 0.15) is 0 Å². The second-order valence-electron chi connectivity index (χ2n) is 7.63. The van der Waals surface area contributed by atoms with E-state index in [2.05, 4.69) is 27.7 Å². The van der Waals surface area contributed by atoms with Crippen molar-refractivity contribution in [1.82, 2.24) is 0 Å². The topological polar surface area (TPSA) is 52.6 Å². The van der Waals surface area contributed by atoms with Crippen LogP contribution in [-0.4, -0.2) is 25.2 Å². The third-order valence-electron chi connectivity index (χ3n) is 4.19. The lowest BCUT2D eigenvalue weighted by Crippen LogP contribution is -2.10. The zero-order valence-electron chi connectivity index (χ0n) is 16.8. The molecular weight excluding hydrogens is 328 g/mol. The number of esters is 2. The molecule has 4 heteroatoms. The molecule has 1 rings (SSSR count). The Bertz CT molecular complexity index is 532. The number of hydrogen-bond donors (Lipinski definition) is 0. The van der Waals surface area contributed by atoms with Gasteiger partial charge in [-0.15, -0.1) is 0 Å². The van der Waals surface area contributed by atoms with Crippen LogP contribution < -0.4 is 0 Å². The van der Waals surface area contributed by atoms with Crippen molar-refractivity contribution in [2.45, 2.75) is 66.2 Å². The van der Waals surface area contributed by atoms with Gasteiger partial charge in [-0.25, -0.2) is 9.59 Å². The SMILES string of the molecule is CC(C)CCCCCCOC(=O)c1ccc(C(=O)OCCC(C)C)cc1. The first-order chi connectivity index (χ1) is 12.4. The molecule has 1 aromatic carbocycles. The van der Waals surface area contributed by atoms with Gasteiger partial charge in [-0.2, -0.15) is 0 Å². The second-order valence-corrected chi connectivity index (χ2v) is 7.63. The number of rotatable bonds is 12. The molecule has 0 bridgehead atoms. The highest BCUT2D eigenvalue weighted by Gasteiger charge is 2.11. The average Bonchev–Trinajstić information content (AvgIpc) is 2.60. The Morgan fingerprint density at radius 1 is 0.692 bits per heavy atom. The minimum atomic E-state index is -0.355. The first kappa shape index (κ1) is 22.2. The summed E-state index contributed by atoms with van der Waals surface area (Å²) >= 11 is 0. The number of unbranched alkanes of at least 4 members (excludes halogenated alkanes) is 3. The molecule has 4 nitrogen and oxygen atoms in total. The zero-order chi connectivity index (χ0) is 19.4. The quantitative estimate of drug-likeness (QED) is 0.356. The van der Waals surface area contributed by atoms with Gasteiger partial charge < -0.3 is 9.47 Å². The molecule has 0 heterocycles. The Balaban J connectivity index is 2.27. The van der Waals surface area contributed by atoms with Gasteiger partial charge in [0, 0.05) is 0 Å². The summed E-state index contributed by atoms with van der Waals surface area (Å²) in [5.74, 6) is 0.553. The highest BCUT2D eigenvalue weighted by atomic mass is 16.5. The maximum absolute atomic E-state index is 12.0. The van der Waals surface area contributed by atoms with Crippen LogP contribution in [0.25, 0.3) is 0 Å². The van der Waals surface area contributed by atoms with Crippen molar-refractivity contribution in [2.24, 2.45) is 11.8 Å². The van der Waals surface area contributed by atoms with Gasteiger partial charge in [0.2, 0.25) is 0 Å². The molecule has 0 N–H and O–H groups in total. The molecule has 0 fully saturated rings. The fraction of sp³-hybridized carbons (Fsp3) is 0.636. The molecule has 146 valence electrons. The van der Waals surface area contributed by atoms with E-state index < -0.39 is 0 Å². The number of hydrogen-bond acceptors (Lipinski definition) is 4. The highest BCUT2D eigenvalue weighted by Crippen LogP contribution is 2.11. The van der Waals surface area contributed by atoms with Gasteiger partial charge >= 0.3 is 11.9 Å². The molecule has 0 saturated heterocycles. The first-order valence-corrected chi connectivity index (χ1v) is 9.84. The fourth-order valence-corrected chi connectivity index (χ4v) is 2.47. The normalized spacial score (nSPS) is 11.0. The van der Waals surface area contributed by atoms with E-state index in [4.69, 9.17) is 9.47 Å². The first-order valence-electron chi connectivity index (χ1n) is 9.84. The Hall–Kier alpha value is -1.84. The standard InChI is InChI=1S/C22H34O4/c1-17(2)9-7-5-6-8-15-25-21(23)19-10-12-20(13-11-19)22(24)26-16-14-18(3)4/h10-13,17-18H,5-9,14-16H2,1-4H3. The lowest BCUT2D eigenvalue weighted by molar-refractivity contribution is 0.0477. The van der Waals surface area contributed by atoms with Crippen molar-refractivity contribution in [3.05, 3.63) is 35.4 Å². The van der Waals surface area contributed by atoms with Gasteiger partial charge in [-0.05, 0) is 48.9 Å². The van der Waals surface area contributed by atoms with E-state index in [0.29, 0.717) is 30.3 Å². The average molecular weight is 363 g/mol. The van der Waals surface area contributed by atoms with Crippen LogP contribution in [0.15, 0.2) is 24.3 Å². The van der Waals surface area contributed by atoms with E-state index in [0.717, 1.165) is 25.2 Å². The predicted octanol–water partition coefficient (Wildman–Crippen LogP) is 5.65. The molecule has 0 aliphatic carbocycles. The minimum Gasteiger partial charge on any atom is -0.462 e. The van der Waals surface area contributed by atoms with E-state index >= 15 is 0 Å². The van der Waals surface area contributed by atoms with Crippen molar-refractivity contribution in [1.29, 1.82) is 0 Å². The van der Waals surface area contributed by atoms with Crippen LogP contribution in [0.2, 0.25) is 0 Å². The van der Waals surface area contributed by atoms with Gasteiger partial charge in [0.05, 0.1) is 24.3 Å². The van der Waals surface area contributed by atoms with Crippen molar-refractivity contribution in [2.75, 3.05) is 13.2 Å². The Kier molecular flexibility index (Phi) is 10.7. The summed E-state index contributed by atoms with van der Waals surface area (Å²) in [5, 5.41) is 0. The third-order valence-corrected chi connectivity index (χ3v) is 4.19. The summed E-state index contributed by atoms with van der Waals surface area (Å²) in [7, 11) is 0. The summed E-state index contributed by atoms with van der Waals surface area (Å²) in [6.07, 6.45) is 6.49. The molecule has 0 aliphatic heterocycles. The van der Waals surface area contributed by atoms with E-state index in [1.54, 1.807) is 24.3 Å². The zero-order valence-corrected chi connectivity index (χ0v) is 16.8. The molecule has 1 aromatic rings. The van der Waals surface area contributed by atoms with Crippen molar-refractivity contribution < 1.29 is 19.1 Å². The van der Waals surface area contributed by atoms with Gasteiger partial charge in [0.15, 0.2) is 0 Å². The van der Waals surface area contributed by atoms with Gasteiger partial charge in [-0.1, -0.05) is 53.4 Å². The molecule has 0 aromatic heterocycles. The Morgan fingerprint density at radius 3 is 1.65 bits per heavy atom. The summed E-state index contributed by atoms with van der Waals surface area (Å²) < 4.78 is 10.5. The molecular formula is C22H34O4. The molecule has 26 heavy (non-hydrogen) atoms. The molecule has 0 radical (unpaired) electrons. The highest BCUT2D eigenvalue weighted by molar-refractivity contribution is 5.93. The monoisotopic (exact) mass is 362 g/mol. The Morgan fingerprint density at radius 2 is 1.15 bits per heavy atom. The van der Waals surface area contributed by atoms with Crippen LogP contribution in [0.5, 0.6) is 0 Å². The fourth-order valence-electron chi connectivity index (χ4n) is 2.47. The summed E-state index contributed by atoms with van der Waals surface area (Å²) in [4.78, 5) is 23.9. The molecule has 0 saturated carbocycles. The molecule has 0 aliphatic rings. The maximum Gasteiger partial charge on any atom is 0.338 e. The summed E-state index contributed by atoms with van der Waals surface area (Å²) in [6, 6.07) is 6.45. The number of carbonyl (C=O) groups is 2. The van der Waals surface area contributed by atoms with Crippen molar-refractivity contribution >= 4 is 11.9 Å². The van der Waals surface area contributed by atoms with Gasteiger partial charge in [0.25, 0.3) is 0 Å². The summed E-state index contributed by atoms with van der Waals surface area (Å²) in [6.45, 7) is 9.49. The van der Waals surface area contributed by atoms with E-state index in [-0.39, 0.29) is 11.9 Å². The number of benzene rings is 1. The van der Waals surface area contributed by atoms with E-state index in [1.807, 2.05) is 0 Å². The number of ether oxygens (including phenoxy) is 2. The van der Waals surface area contributed by atoms with E-state index in [9.17, 15) is 9.59 Å². The van der Waals surface area contributed by atoms with Crippen LogP contribution in [0.3, 0.4) is 0 Å². The number of carbonyl (C=O) groups excluding carboxylic acids is 2. The lowest BCUT2D eigenvalue weighted by atomic mass is 10.0. The maximum atomic E-state index is 12.0. The molecule has 0 unspecified atom stereocenters. The van der Waals surface area contributed by atoms with Crippen molar-refractivity contribution in [3.63, 3.8) is 0 Å². The van der Waals surface area contributed by atoms with Gasteiger partial charge in [-0.3, -0.25) is 0 Å². The van der Waals surface area contributed by atoms with Crippen LogP contribution in [0.4, 0.5) is 0 Å². The van der Waals surface area contributed by atoms with Crippen LogP contribution in [0, 0.1) is 11.8 Å². The second kappa shape index (κ2) is 12.5. The van der Waals surface area contributed by atoms with Crippen LogP contribution in [-0.2, 0) is 9.47 Å². The minimum absolute atomic E-state index is 0.341. The summed E-state index contributed by atoms with van der Waals surface area (Å²) in [5.41, 5.74) is 0.916. The van der Waals surface area contributed by atoms with E-state index in [1.165, 1.54) is 19.3 Å². The van der Waals surface area contributed by atoms with Crippen LogP contribution in [0.1, 0.15) is 86.9 Å². The predicted molar refractivity (Wildman–Crippen MR) is 104 cm³/mol. The van der Waals surface area contributed by atoms with Crippen LogP contribution >= 0.6 is 0 Å².